The van der Waals surface area contributed by atoms with Crippen molar-refractivity contribution in [3.05, 3.63) is 76.4 Å². The summed E-state index contributed by atoms with van der Waals surface area (Å²) in [5.74, 6) is -0.216. The lowest BCUT2D eigenvalue weighted by atomic mass is 10.1. The predicted molar refractivity (Wildman–Crippen MR) is 90.9 cm³/mol. The van der Waals surface area contributed by atoms with Crippen LogP contribution in [0, 0.1) is 5.82 Å². The van der Waals surface area contributed by atoms with E-state index < -0.39 is 5.63 Å². The van der Waals surface area contributed by atoms with Gasteiger partial charge in [0.05, 0.1) is 6.04 Å². The Morgan fingerprint density at radius 3 is 2.64 bits per heavy atom. The van der Waals surface area contributed by atoms with Gasteiger partial charge in [-0.05, 0) is 42.8 Å². The highest BCUT2D eigenvalue weighted by Gasteiger charge is 2.10. The Kier molecular flexibility index (Phi) is 4.79. The van der Waals surface area contributed by atoms with Crippen LogP contribution in [0.4, 0.5) is 4.39 Å². The van der Waals surface area contributed by atoms with Gasteiger partial charge in [0.1, 0.15) is 17.1 Å². The van der Waals surface area contributed by atoms with Crippen molar-refractivity contribution in [2.24, 2.45) is 0 Å². The fourth-order valence-corrected chi connectivity index (χ4v) is 2.40. The summed E-state index contributed by atoms with van der Waals surface area (Å²) in [4.78, 5) is 23.2. The van der Waals surface area contributed by atoms with Gasteiger partial charge in [0.2, 0.25) is 0 Å². The van der Waals surface area contributed by atoms with Crippen molar-refractivity contribution in [2.75, 3.05) is 6.61 Å². The van der Waals surface area contributed by atoms with Crippen LogP contribution in [0.15, 0.2) is 63.8 Å². The second kappa shape index (κ2) is 7.17. The maximum Gasteiger partial charge on any atom is 0.336 e. The van der Waals surface area contributed by atoms with Crippen LogP contribution >= 0.6 is 0 Å². The van der Waals surface area contributed by atoms with Crippen LogP contribution in [0.25, 0.3) is 11.0 Å². The largest absolute Gasteiger partial charge is 0.484 e. The molecule has 0 fully saturated rings. The van der Waals surface area contributed by atoms with Crippen LogP contribution in [0.1, 0.15) is 18.5 Å². The molecule has 1 unspecified atom stereocenters. The molecular formula is C19H16FNO4. The molecule has 0 radical (unpaired) electrons. The molecule has 128 valence electrons. The number of hydrogen-bond acceptors (Lipinski definition) is 4. The van der Waals surface area contributed by atoms with E-state index in [1.807, 2.05) is 0 Å². The Bertz CT molecular complexity index is 950. The van der Waals surface area contributed by atoms with Crippen molar-refractivity contribution in [1.82, 2.24) is 5.32 Å². The van der Waals surface area contributed by atoms with Crippen LogP contribution in [0.5, 0.6) is 5.75 Å². The minimum atomic E-state index is -0.449. The minimum absolute atomic E-state index is 0.186. The number of fused-ring (bicyclic) bond motifs is 1. The number of amides is 1. The van der Waals surface area contributed by atoms with Crippen molar-refractivity contribution in [3.8, 4) is 5.75 Å². The van der Waals surface area contributed by atoms with Crippen LogP contribution in [0.3, 0.4) is 0 Å². The van der Waals surface area contributed by atoms with Gasteiger partial charge in [-0.15, -0.1) is 0 Å². The van der Waals surface area contributed by atoms with Gasteiger partial charge in [-0.2, -0.15) is 0 Å². The molecule has 1 N–H and O–H groups in total. The van der Waals surface area contributed by atoms with E-state index in [0.717, 1.165) is 10.9 Å². The van der Waals surface area contributed by atoms with Gasteiger partial charge in [0, 0.05) is 17.5 Å². The summed E-state index contributed by atoms with van der Waals surface area (Å²) < 4.78 is 23.4. The van der Waals surface area contributed by atoms with E-state index >= 15 is 0 Å². The van der Waals surface area contributed by atoms with Gasteiger partial charge in [-0.25, -0.2) is 9.18 Å². The average molecular weight is 341 g/mol. The minimum Gasteiger partial charge on any atom is -0.484 e. The first-order valence-electron chi connectivity index (χ1n) is 7.73. The quantitative estimate of drug-likeness (QED) is 0.724. The zero-order valence-corrected chi connectivity index (χ0v) is 13.5. The number of carbonyl (C=O) groups excluding carboxylic acids is 1. The molecular weight excluding hydrogens is 325 g/mol. The average Bonchev–Trinajstić information content (AvgIpc) is 2.60. The number of ether oxygens (including phenoxy) is 1. The molecule has 6 heteroatoms. The summed E-state index contributed by atoms with van der Waals surface area (Å²) in [6, 6.07) is 13.6. The fourth-order valence-electron chi connectivity index (χ4n) is 2.40. The lowest BCUT2D eigenvalue weighted by Gasteiger charge is -2.14. The summed E-state index contributed by atoms with van der Waals surface area (Å²) in [5, 5.41) is 3.54. The summed E-state index contributed by atoms with van der Waals surface area (Å²) >= 11 is 0. The molecule has 0 saturated carbocycles. The van der Waals surface area contributed by atoms with Gasteiger partial charge in [-0.3, -0.25) is 4.79 Å². The molecule has 1 atom stereocenters. The SMILES string of the molecule is CC(NC(=O)COc1ccc2ccc(=O)oc2c1)c1ccc(F)cc1. The Hall–Kier alpha value is -3.15. The number of rotatable bonds is 5. The molecule has 0 bridgehead atoms. The van der Waals surface area contributed by atoms with E-state index in [1.165, 1.54) is 18.2 Å². The van der Waals surface area contributed by atoms with Gasteiger partial charge in [0.15, 0.2) is 6.61 Å². The van der Waals surface area contributed by atoms with Crippen LogP contribution in [-0.2, 0) is 4.79 Å². The number of hydrogen-bond donors (Lipinski definition) is 1. The molecule has 0 saturated heterocycles. The smallest absolute Gasteiger partial charge is 0.336 e. The Balaban J connectivity index is 1.60. The van der Waals surface area contributed by atoms with Crippen molar-refractivity contribution in [1.29, 1.82) is 0 Å². The number of nitrogens with one attached hydrogen (secondary N) is 1. The van der Waals surface area contributed by atoms with E-state index in [1.54, 1.807) is 43.3 Å². The van der Waals surface area contributed by atoms with E-state index in [0.29, 0.717) is 11.3 Å². The molecule has 0 aliphatic carbocycles. The lowest BCUT2D eigenvalue weighted by molar-refractivity contribution is -0.123. The third-order valence-electron chi connectivity index (χ3n) is 3.71. The van der Waals surface area contributed by atoms with Crippen LogP contribution < -0.4 is 15.7 Å². The highest BCUT2D eigenvalue weighted by Crippen LogP contribution is 2.19. The molecule has 1 aromatic heterocycles. The maximum atomic E-state index is 12.9. The molecule has 5 nitrogen and oxygen atoms in total. The van der Waals surface area contributed by atoms with Crippen molar-refractivity contribution in [2.45, 2.75) is 13.0 Å². The summed E-state index contributed by atoms with van der Waals surface area (Å²) in [6.45, 7) is 1.62. The van der Waals surface area contributed by atoms with E-state index in [4.69, 9.17) is 9.15 Å². The molecule has 3 rings (SSSR count). The molecule has 0 spiro atoms. The Morgan fingerprint density at radius 1 is 1.16 bits per heavy atom. The molecule has 25 heavy (non-hydrogen) atoms. The molecule has 2 aromatic carbocycles. The standard InChI is InChI=1S/C19H16FNO4/c1-12(13-2-6-15(20)7-3-13)21-18(22)11-24-16-8-4-14-5-9-19(23)25-17(14)10-16/h2-10,12H,11H2,1H3,(H,21,22). The third kappa shape index (κ3) is 4.23. The number of halogens is 1. The third-order valence-corrected chi connectivity index (χ3v) is 3.71. The van der Waals surface area contributed by atoms with Crippen molar-refractivity contribution < 1.29 is 18.3 Å². The maximum absolute atomic E-state index is 12.9. The topological polar surface area (TPSA) is 68.5 Å². The van der Waals surface area contributed by atoms with E-state index in [2.05, 4.69) is 5.32 Å². The van der Waals surface area contributed by atoms with Gasteiger partial charge in [0.25, 0.3) is 5.91 Å². The first-order chi connectivity index (χ1) is 12.0. The monoisotopic (exact) mass is 341 g/mol. The molecule has 1 amide bonds. The zero-order chi connectivity index (χ0) is 17.8. The molecule has 3 aromatic rings. The number of benzene rings is 2. The Labute approximate surface area is 143 Å². The van der Waals surface area contributed by atoms with Crippen molar-refractivity contribution >= 4 is 16.9 Å². The number of carbonyl (C=O) groups is 1. The van der Waals surface area contributed by atoms with Crippen LogP contribution in [-0.4, -0.2) is 12.5 Å². The summed E-state index contributed by atoms with van der Waals surface area (Å²) in [6.07, 6.45) is 0. The van der Waals surface area contributed by atoms with Crippen molar-refractivity contribution in [3.63, 3.8) is 0 Å². The first-order valence-corrected chi connectivity index (χ1v) is 7.73. The normalized spacial score (nSPS) is 11.9. The Morgan fingerprint density at radius 2 is 1.88 bits per heavy atom. The molecule has 0 aliphatic rings. The second-order valence-electron chi connectivity index (χ2n) is 5.58. The molecule has 1 heterocycles. The second-order valence-corrected chi connectivity index (χ2v) is 5.58. The predicted octanol–water partition coefficient (Wildman–Crippen LogP) is 3.19. The highest BCUT2D eigenvalue weighted by atomic mass is 19.1. The van der Waals surface area contributed by atoms with Crippen LogP contribution in [0.2, 0.25) is 0 Å². The lowest BCUT2D eigenvalue weighted by Crippen LogP contribution is -2.31. The first kappa shape index (κ1) is 16.7. The van der Waals surface area contributed by atoms with Gasteiger partial charge in [-0.1, -0.05) is 12.1 Å². The van der Waals surface area contributed by atoms with E-state index in [9.17, 15) is 14.0 Å². The summed E-state index contributed by atoms with van der Waals surface area (Å²) in [5.41, 5.74) is 0.739. The fraction of sp³-hybridized carbons (Fsp3) is 0.158. The summed E-state index contributed by atoms with van der Waals surface area (Å²) in [7, 11) is 0. The van der Waals surface area contributed by atoms with Gasteiger partial charge >= 0.3 is 5.63 Å². The molecule has 0 aliphatic heterocycles. The highest BCUT2D eigenvalue weighted by molar-refractivity contribution is 5.79. The van der Waals surface area contributed by atoms with E-state index in [-0.39, 0.29) is 24.4 Å². The van der Waals surface area contributed by atoms with Gasteiger partial charge < -0.3 is 14.5 Å². The zero-order valence-electron chi connectivity index (χ0n) is 13.5.